The Morgan fingerprint density at radius 3 is 1.93 bits per heavy atom. The topological polar surface area (TPSA) is 107 Å². The molecule has 0 aliphatic rings. The summed E-state index contributed by atoms with van der Waals surface area (Å²) in [5.41, 5.74) is 0. The quantitative estimate of drug-likeness (QED) is 0.216. The Kier molecular flexibility index (Phi) is 14.1. The normalized spacial score (nSPS) is 15.1. The van der Waals surface area contributed by atoms with Crippen molar-refractivity contribution in [3.05, 3.63) is 0 Å². The smallest absolute Gasteiger partial charge is 0.308 e. The van der Waals surface area contributed by atoms with Crippen LogP contribution in [0.15, 0.2) is 0 Å². The van der Waals surface area contributed by atoms with E-state index in [-0.39, 0.29) is 18.9 Å². The van der Waals surface area contributed by atoms with Gasteiger partial charge in [0.1, 0.15) is 6.54 Å². The van der Waals surface area contributed by atoms with E-state index in [9.17, 15) is 24.9 Å². The van der Waals surface area contributed by atoms with Crippen LogP contribution in [-0.4, -0.2) is 72.6 Å². The molecule has 0 aliphatic heterocycles. The molecule has 0 amide bonds. The maximum atomic E-state index is 12.0. The van der Waals surface area contributed by atoms with Crippen LogP contribution in [0.4, 0.5) is 0 Å². The number of esters is 1. The molecule has 0 spiro atoms. The second-order valence-corrected chi connectivity index (χ2v) is 8.81. The third-order valence-corrected chi connectivity index (χ3v) is 4.56. The zero-order valence-electron chi connectivity index (χ0n) is 18.2. The predicted octanol–water partition coefficient (Wildman–Crippen LogP) is 1.39. The number of aliphatic hydroxyl groups excluding tert-OH is 2. The fraction of sp³-hybridized carbons (Fsp3) is 0.905. The van der Waals surface area contributed by atoms with Gasteiger partial charge in [-0.3, -0.25) is 4.79 Å². The van der Waals surface area contributed by atoms with Crippen LogP contribution in [-0.2, 0) is 14.3 Å². The number of quaternary nitrogens is 1. The Morgan fingerprint density at radius 2 is 1.43 bits per heavy atom. The Bertz CT molecular complexity index is 435. The first kappa shape index (κ1) is 26.8. The van der Waals surface area contributed by atoms with E-state index in [0.29, 0.717) is 17.4 Å². The van der Waals surface area contributed by atoms with E-state index >= 15 is 0 Å². The molecule has 0 fully saturated rings. The lowest BCUT2D eigenvalue weighted by Gasteiger charge is -2.29. The molecule has 0 rings (SSSR count). The van der Waals surface area contributed by atoms with Gasteiger partial charge < -0.3 is 29.3 Å². The molecule has 0 aromatic heterocycles. The average Bonchev–Trinajstić information content (AvgIpc) is 2.53. The van der Waals surface area contributed by atoms with Crippen molar-refractivity contribution in [1.29, 1.82) is 0 Å². The molecule has 0 radical (unpaired) electrons. The number of unbranched alkanes of at least 4 members (excludes halogenated alkanes) is 4. The molecule has 0 saturated heterocycles. The van der Waals surface area contributed by atoms with E-state index in [0.717, 1.165) is 51.4 Å². The number of carboxylic acid groups (broad SMARTS) is 1. The first-order chi connectivity index (χ1) is 13.0. The molecular formula is C21H41NO6. The maximum Gasteiger partial charge on any atom is 0.308 e. The lowest BCUT2D eigenvalue weighted by atomic mass is 10.0. The number of hydrogen-bond acceptors (Lipinski definition) is 6. The van der Waals surface area contributed by atoms with Gasteiger partial charge in [-0.2, -0.15) is 0 Å². The van der Waals surface area contributed by atoms with Gasteiger partial charge >= 0.3 is 5.97 Å². The first-order valence-electron chi connectivity index (χ1n) is 10.6. The highest BCUT2D eigenvalue weighted by Gasteiger charge is 2.23. The molecule has 0 aromatic carbocycles. The standard InChI is InChI=1S/C21H41NO6/c1-5-6-11-17(23)12-9-7-8-10-13-18(24)14-21(27)28-19(15-20(25)26)16-22(2,3)4/h17-19,23-24H,5-16H2,1-4H3. The largest absolute Gasteiger partial charge is 0.550 e. The summed E-state index contributed by atoms with van der Waals surface area (Å²) in [5.74, 6) is -1.84. The summed E-state index contributed by atoms with van der Waals surface area (Å²) in [5, 5.41) is 30.6. The molecule has 0 saturated carbocycles. The van der Waals surface area contributed by atoms with E-state index in [4.69, 9.17) is 4.74 Å². The van der Waals surface area contributed by atoms with Gasteiger partial charge in [-0.25, -0.2) is 0 Å². The van der Waals surface area contributed by atoms with Crippen LogP contribution in [0.2, 0.25) is 0 Å². The molecule has 0 heterocycles. The van der Waals surface area contributed by atoms with Gasteiger partial charge in [0.15, 0.2) is 6.10 Å². The molecule has 3 atom stereocenters. The predicted molar refractivity (Wildman–Crippen MR) is 106 cm³/mol. The first-order valence-corrected chi connectivity index (χ1v) is 10.6. The number of aliphatic carboxylic acids is 1. The zero-order chi connectivity index (χ0) is 21.6. The lowest BCUT2D eigenvalue weighted by Crippen LogP contribution is -2.45. The van der Waals surface area contributed by atoms with Crippen molar-refractivity contribution in [1.82, 2.24) is 0 Å². The number of rotatable bonds is 17. The van der Waals surface area contributed by atoms with Crippen molar-refractivity contribution in [3.63, 3.8) is 0 Å². The summed E-state index contributed by atoms with van der Waals surface area (Å²) in [7, 11) is 5.65. The molecule has 0 bridgehead atoms. The second kappa shape index (κ2) is 14.8. The third-order valence-electron chi connectivity index (χ3n) is 4.56. The SMILES string of the molecule is CCCCC(O)CCCCCCC(O)CC(=O)OC(CC(=O)[O-])C[N+](C)(C)C. The fourth-order valence-corrected chi connectivity index (χ4v) is 3.17. The van der Waals surface area contributed by atoms with Crippen molar-refractivity contribution in [2.75, 3.05) is 27.7 Å². The van der Waals surface area contributed by atoms with Crippen LogP contribution >= 0.6 is 0 Å². The van der Waals surface area contributed by atoms with Crippen LogP contribution in [0.25, 0.3) is 0 Å². The Hall–Kier alpha value is -1.18. The number of carbonyl (C=O) groups excluding carboxylic acids is 2. The number of carbonyl (C=O) groups is 2. The van der Waals surface area contributed by atoms with Crippen molar-refractivity contribution >= 4 is 11.9 Å². The van der Waals surface area contributed by atoms with Crippen LogP contribution in [0.1, 0.15) is 77.6 Å². The van der Waals surface area contributed by atoms with Gasteiger partial charge in [0, 0.05) is 12.4 Å². The minimum atomic E-state index is -1.26. The maximum absolute atomic E-state index is 12.0. The summed E-state index contributed by atoms with van der Waals surface area (Å²) < 4.78 is 5.71. The van der Waals surface area contributed by atoms with Crippen LogP contribution in [0, 0.1) is 0 Å². The molecule has 166 valence electrons. The van der Waals surface area contributed by atoms with Crippen LogP contribution in [0.5, 0.6) is 0 Å². The zero-order valence-corrected chi connectivity index (χ0v) is 18.2. The van der Waals surface area contributed by atoms with Gasteiger partial charge in [-0.1, -0.05) is 45.4 Å². The molecule has 3 unspecified atom stereocenters. The van der Waals surface area contributed by atoms with E-state index in [1.807, 2.05) is 21.1 Å². The van der Waals surface area contributed by atoms with Crippen LogP contribution < -0.4 is 5.11 Å². The van der Waals surface area contributed by atoms with Gasteiger partial charge in [-0.05, 0) is 19.3 Å². The average molecular weight is 404 g/mol. The Labute approximate surface area is 170 Å². The van der Waals surface area contributed by atoms with Crippen molar-refractivity contribution in [2.24, 2.45) is 0 Å². The fourth-order valence-electron chi connectivity index (χ4n) is 3.17. The minimum Gasteiger partial charge on any atom is -0.550 e. The third kappa shape index (κ3) is 17.0. The van der Waals surface area contributed by atoms with E-state index < -0.39 is 24.1 Å². The summed E-state index contributed by atoms with van der Waals surface area (Å²) in [6, 6.07) is 0. The van der Waals surface area contributed by atoms with Gasteiger partial charge in [0.05, 0.1) is 39.8 Å². The summed E-state index contributed by atoms with van der Waals surface area (Å²) in [6.45, 7) is 2.47. The lowest BCUT2D eigenvalue weighted by molar-refractivity contribution is -0.873. The van der Waals surface area contributed by atoms with Crippen molar-refractivity contribution in [2.45, 2.75) is 95.9 Å². The van der Waals surface area contributed by atoms with Crippen LogP contribution in [0.3, 0.4) is 0 Å². The highest BCUT2D eigenvalue weighted by atomic mass is 16.5. The molecule has 7 heteroatoms. The molecule has 28 heavy (non-hydrogen) atoms. The number of likely N-dealkylation sites (N-methyl/N-ethyl adjacent to an activating group) is 1. The number of hydrogen-bond donors (Lipinski definition) is 2. The summed E-state index contributed by atoms with van der Waals surface area (Å²) in [6.07, 6.45) is 5.85. The van der Waals surface area contributed by atoms with Gasteiger partial charge in [0.2, 0.25) is 0 Å². The number of ether oxygens (including phenoxy) is 1. The van der Waals surface area contributed by atoms with Crippen molar-refractivity contribution < 1.29 is 34.1 Å². The van der Waals surface area contributed by atoms with Gasteiger partial charge in [0.25, 0.3) is 0 Å². The molecule has 7 nitrogen and oxygen atoms in total. The molecule has 2 N–H and O–H groups in total. The second-order valence-electron chi connectivity index (χ2n) is 8.81. The molecule has 0 aliphatic carbocycles. The monoisotopic (exact) mass is 403 g/mol. The highest BCUT2D eigenvalue weighted by Crippen LogP contribution is 2.14. The summed E-state index contributed by atoms with van der Waals surface area (Å²) >= 11 is 0. The minimum absolute atomic E-state index is 0.129. The number of carboxylic acids is 1. The molecule has 0 aromatic rings. The van der Waals surface area contributed by atoms with E-state index in [1.165, 1.54) is 0 Å². The Balaban J connectivity index is 3.99. The van der Waals surface area contributed by atoms with E-state index in [2.05, 4.69) is 6.92 Å². The van der Waals surface area contributed by atoms with Crippen molar-refractivity contribution in [3.8, 4) is 0 Å². The molecular weight excluding hydrogens is 362 g/mol. The summed E-state index contributed by atoms with van der Waals surface area (Å²) in [4.78, 5) is 22.8. The Morgan fingerprint density at radius 1 is 0.893 bits per heavy atom. The number of nitrogens with zero attached hydrogens (tertiary/aromatic N) is 1. The highest BCUT2D eigenvalue weighted by molar-refractivity contribution is 5.71. The number of aliphatic hydroxyl groups is 2. The van der Waals surface area contributed by atoms with E-state index in [1.54, 1.807) is 0 Å². The van der Waals surface area contributed by atoms with Gasteiger partial charge in [-0.15, -0.1) is 0 Å².